The molecule has 0 aliphatic carbocycles. The van der Waals surface area contributed by atoms with Crippen molar-refractivity contribution in [3.8, 4) is 0 Å². The smallest absolute Gasteiger partial charge is 0.242 e. The van der Waals surface area contributed by atoms with Crippen molar-refractivity contribution < 1.29 is 14.4 Å². The highest BCUT2D eigenvalue weighted by Gasteiger charge is 2.27. The van der Waals surface area contributed by atoms with Gasteiger partial charge in [0.25, 0.3) is 0 Å². The maximum absolute atomic E-state index is 13.6. The number of nitrogens with two attached hydrogens (primary N) is 3. The minimum atomic E-state index is -0.783. The molecule has 3 aromatic rings. The van der Waals surface area contributed by atoms with Gasteiger partial charge in [0.2, 0.25) is 17.7 Å². The zero-order valence-electron chi connectivity index (χ0n) is 22.4. The van der Waals surface area contributed by atoms with Gasteiger partial charge in [-0.05, 0) is 35.1 Å². The van der Waals surface area contributed by atoms with Gasteiger partial charge in [0.05, 0.1) is 12.5 Å². The second-order valence-electron chi connectivity index (χ2n) is 9.37. The molecule has 0 aliphatic heterocycles. The van der Waals surface area contributed by atoms with Crippen molar-refractivity contribution >= 4 is 23.7 Å². The zero-order chi connectivity index (χ0) is 28.7. The number of hydrogen-bond acceptors (Lipinski definition) is 5. The van der Waals surface area contributed by atoms with Gasteiger partial charge in [-0.25, -0.2) is 0 Å². The van der Waals surface area contributed by atoms with E-state index in [1.54, 1.807) is 0 Å². The molecule has 1 atom stereocenters. The van der Waals surface area contributed by atoms with Crippen molar-refractivity contribution in [1.82, 2.24) is 16.0 Å². The third-order valence-corrected chi connectivity index (χ3v) is 6.22. The quantitative estimate of drug-likeness (QED) is 0.0954. The van der Waals surface area contributed by atoms with Gasteiger partial charge in [0.1, 0.15) is 6.04 Å². The summed E-state index contributed by atoms with van der Waals surface area (Å²) in [6, 6.07) is 25.8. The molecule has 0 radical (unpaired) electrons. The minimum absolute atomic E-state index is 0.0217. The second-order valence-corrected chi connectivity index (χ2v) is 9.37. The van der Waals surface area contributed by atoms with E-state index in [9.17, 15) is 14.4 Å². The van der Waals surface area contributed by atoms with Crippen molar-refractivity contribution in [3.05, 3.63) is 107 Å². The van der Waals surface area contributed by atoms with Crippen LogP contribution in [0.3, 0.4) is 0 Å². The maximum Gasteiger partial charge on any atom is 0.242 e. The van der Waals surface area contributed by atoms with Crippen LogP contribution >= 0.6 is 0 Å². The Labute approximate surface area is 234 Å². The monoisotopic (exact) mass is 543 g/mol. The Bertz CT molecular complexity index is 1220. The number of rotatable bonds is 15. The lowest BCUT2D eigenvalue weighted by Gasteiger charge is -2.23. The predicted molar refractivity (Wildman–Crippen MR) is 156 cm³/mol. The van der Waals surface area contributed by atoms with Gasteiger partial charge in [0, 0.05) is 19.6 Å². The van der Waals surface area contributed by atoms with E-state index in [4.69, 9.17) is 17.2 Å². The summed E-state index contributed by atoms with van der Waals surface area (Å²) in [6.07, 6.45) is 0.861. The normalized spacial score (nSPS) is 11.4. The SMILES string of the molecule is NC(=O)CNCc1ccc(CNC(=O)[C@@H](CCCN=C(N)N)NC(=O)C(c2ccccc2)c2ccccc2)cc1. The Morgan fingerprint density at radius 1 is 0.725 bits per heavy atom. The molecule has 10 heteroatoms. The molecule has 0 aromatic heterocycles. The van der Waals surface area contributed by atoms with Crippen LogP contribution in [-0.4, -0.2) is 42.8 Å². The molecule has 0 bridgehead atoms. The number of nitrogens with zero attached hydrogens (tertiary/aromatic N) is 1. The summed E-state index contributed by atoms with van der Waals surface area (Å²) in [7, 11) is 0. The van der Waals surface area contributed by atoms with Gasteiger partial charge in [0.15, 0.2) is 5.96 Å². The Kier molecular flexibility index (Phi) is 11.7. The Balaban J connectivity index is 1.69. The highest BCUT2D eigenvalue weighted by atomic mass is 16.2. The largest absolute Gasteiger partial charge is 0.370 e. The lowest BCUT2D eigenvalue weighted by Crippen LogP contribution is -2.48. The number of amides is 3. The number of nitrogens with one attached hydrogen (secondary N) is 3. The first kappa shape index (κ1) is 29.9. The molecule has 0 aliphatic rings. The molecule has 3 amide bonds. The third kappa shape index (κ3) is 9.88. The molecule has 0 spiro atoms. The van der Waals surface area contributed by atoms with Gasteiger partial charge in [-0.15, -0.1) is 0 Å². The van der Waals surface area contributed by atoms with E-state index in [0.29, 0.717) is 25.9 Å². The first-order valence-electron chi connectivity index (χ1n) is 13.1. The fraction of sp³-hybridized carbons (Fsp3) is 0.267. The van der Waals surface area contributed by atoms with E-state index in [-0.39, 0.29) is 30.9 Å². The Hall–Kier alpha value is -4.70. The molecule has 3 rings (SSSR count). The molecule has 0 unspecified atom stereocenters. The fourth-order valence-corrected chi connectivity index (χ4v) is 4.23. The summed E-state index contributed by atoms with van der Waals surface area (Å²) in [6.45, 7) is 1.23. The third-order valence-electron chi connectivity index (χ3n) is 6.22. The van der Waals surface area contributed by atoms with Crippen molar-refractivity contribution in [2.24, 2.45) is 22.2 Å². The van der Waals surface area contributed by atoms with Crippen molar-refractivity contribution in [3.63, 3.8) is 0 Å². The molecule has 9 N–H and O–H groups in total. The van der Waals surface area contributed by atoms with Crippen LogP contribution in [0.25, 0.3) is 0 Å². The number of benzene rings is 3. The number of hydrogen-bond donors (Lipinski definition) is 6. The standard InChI is InChI=1S/C30H37N7O3/c31-26(38)20-34-18-21-13-15-22(16-14-21)19-36-28(39)25(12-7-17-35-30(32)33)37-29(40)27(23-8-3-1-4-9-23)24-10-5-2-6-11-24/h1-6,8-11,13-16,25,27,34H,7,12,17-20H2,(H2,31,38)(H,36,39)(H,37,40)(H4,32,33,35)/t25-/m1/s1. The average molecular weight is 544 g/mol. The van der Waals surface area contributed by atoms with Crippen LogP contribution in [-0.2, 0) is 27.5 Å². The van der Waals surface area contributed by atoms with Crippen molar-refractivity contribution in [2.45, 2.75) is 37.9 Å². The lowest BCUT2D eigenvalue weighted by molar-refractivity contribution is -0.129. The first-order chi connectivity index (χ1) is 19.3. The number of guanidine groups is 1. The van der Waals surface area contributed by atoms with E-state index < -0.39 is 17.9 Å². The fourth-order valence-electron chi connectivity index (χ4n) is 4.23. The van der Waals surface area contributed by atoms with Crippen molar-refractivity contribution in [1.29, 1.82) is 0 Å². The van der Waals surface area contributed by atoms with E-state index in [1.807, 2.05) is 84.9 Å². The van der Waals surface area contributed by atoms with Gasteiger partial charge < -0.3 is 33.2 Å². The van der Waals surface area contributed by atoms with Crippen LogP contribution in [0.2, 0.25) is 0 Å². The molecule has 40 heavy (non-hydrogen) atoms. The number of aliphatic imine (C=N–C) groups is 1. The summed E-state index contributed by atoms with van der Waals surface area (Å²) >= 11 is 0. The molecule has 0 saturated heterocycles. The van der Waals surface area contributed by atoms with Gasteiger partial charge >= 0.3 is 0 Å². The first-order valence-corrected chi connectivity index (χ1v) is 13.1. The van der Waals surface area contributed by atoms with Crippen LogP contribution in [0.4, 0.5) is 0 Å². The lowest BCUT2D eigenvalue weighted by atomic mass is 9.90. The summed E-state index contributed by atoms with van der Waals surface area (Å²) in [5.41, 5.74) is 19.5. The van der Waals surface area contributed by atoms with Gasteiger partial charge in [-0.1, -0.05) is 84.9 Å². The number of carbonyl (C=O) groups is 3. The Morgan fingerprint density at radius 3 is 1.80 bits per heavy atom. The number of carbonyl (C=O) groups excluding carboxylic acids is 3. The van der Waals surface area contributed by atoms with E-state index >= 15 is 0 Å². The van der Waals surface area contributed by atoms with Crippen LogP contribution in [0.1, 0.15) is 41.0 Å². The second kappa shape index (κ2) is 15.6. The zero-order valence-corrected chi connectivity index (χ0v) is 22.4. The summed E-state index contributed by atoms with van der Waals surface area (Å²) < 4.78 is 0. The van der Waals surface area contributed by atoms with Crippen LogP contribution in [0.5, 0.6) is 0 Å². The minimum Gasteiger partial charge on any atom is -0.370 e. The summed E-state index contributed by atoms with van der Waals surface area (Å²) in [5.74, 6) is -1.59. The maximum atomic E-state index is 13.6. The topological polar surface area (TPSA) is 178 Å². The van der Waals surface area contributed by atoms with E-state index in [0.717, 1.165) is 22.3 Å². The van der Waals surface area contributed by atoms with Crippen LogP contribution in [0, 0.1) is 0 Å². The molecular weight excluding hydrogens is 506 g/mol. The molecule has 0 saturated carbocycles. The molecule has 3 aromatic carbocycles. The highest BCUT2D eigenvalue weighted by molar-refractivity contribution is 5.92. The summed E-state index contributed by atoms with van der Waals surface area (Å²) in [4.78, 5) is 41.8. The van der Waals surface area contributed by atoms with Crippen molar-refractivity contribution in [2.75, 3.05) is 13.1 Å². The Morgan fingerprint density at radius 2 is 1.27 bits per heavy atom. The van der Waals surface area contributed by atoms with Gasteiger partial charge in [-0.2, -0.15) is 0 Å². The van der Waals surface area contributed by atoms with E-state index in [1.165, 1.54) is 0 Å². The molecule has 0 fully saturated rings. The van der Waals surface area contributed by atoms with Gasteiger partial charge in [-0.3, -0.25) is 19.4 Å². The average Bonchev–Trinajstić information content (AvgIpc) is 2.95. The van der Waals surface area contributed by atoms with Crippen LogP contribution in [0.15, 0.2) is 89.9 Å². The molecule has 0 heterocycles. The predicted octanol–water partition coefficient (Wildman–Crippen LogP) is 1.25. The molecule has 210 valence electrons. The highest BCUT2D eigenvalue weighted by Crippen LogP contribution is 2.25. The number of primary amides is 1. The molecular formula is C30H37N7O3. The molecule has 10 nitrogen and oxygen atoms in total. The van der Waals surface area contributed by atoms with Crippen LogP contribution < -0.4 is 33.2 Å². The summed E-state index contributed by atoms with van der Waals surface area (Å²) in [5, 5.41) is 8.86. The van der Waals surface area contributed by atoms with E-state index in [2.05, 4.69) is 20.9 Å².